The molecular weight excluding hydrogens is 248 g/mol. The van der Waals surface area contributed by atoms with Crippen LogP contribution in [0.3, 0.4) is 0 Å². The van der Waals surface area contributed by atoms with Gasteiger partial charge in [0.25, 0.3) is 0 Å². The van der Waals surface area contributed by atoms with Gasteiger partial charge in [0.05, 0.1) is 6.61 Å². The van der Waals surface area contributed by atoms with Gasteiger partial charge in [0.1, 0.15) is 0 Å². The van der Waals surface area contributed by atoms with E-state index in [-0.39, 0.29) is 6.79 Å². The first kappa shape index (κ1) is 17.3. The first-order valence-corrected chi connectivity index (χ1v) is 9.55. The van der Waals surface area contributed by atoms with E-state index in [0.29, 0.717) is 12.2 Å². The Labute approximate surface area is 111 Å². The predicted octanol–water partition coefficient (Wildman–Crippen LogP) is 3.10. The fourth-order valence-electron chi connectivity index (χ4n) is 1.33. The Morgan fingerprint density at radius 1 is 1.28 bits per heavy atom. The van der Waals surface area contributed by atoms with E-state index in [1.165, 1.54) is 0 Å². The van der Waals surface area contributed by atoms with Crippen molar-refractivity contribution >= 4 is 14.3 Å². The van der Waals surface area contributed by atoms with E-state index in [1.54, 1.807) is 6.92 Å². The molecule has 0 fully saturated rings. The van der Waals surface area contributed by atoms with Crippen LogP contribution in [0.4, 0.5) is 0 Å². The minimum Gasteiger partial charge on any atom is -0.435 e. The van der Waals surface area contributed by atoms with Crippen molar-refractivity contribution in [3.05, 3.63) is 12.2 Å². The van der Waals surface area contributed by atoms with Crippen LogP contribution in [0.1, 0.15) is 26.7 Å². The minimum atomic E-state index is -1.53. The van der Waals surface area contributed by atoms with Crippen LogP contribution in [0.5, 0.6) is 0 Å². The van der Waals surface area contributed by atoms with Crippen LogP contribution < -0.4 is 0 Å². The van der Waals surface area contributed by atoms with Crippen LogP contribution in [0.25, 0.3) is 0 Å². The van der Waals surface area contributed by atoms with Crippen molar-refractivity contribution in [1.29, 1.82) is 0 Å². The molecule has 18 heavy (non-hydrogen) atoms. The molecule has 0 aromatic heterocycles. The summed E-state index contributed by atoms with van der Waals surface area (Å²) in [5.41, 5.74) is 0.389. The highest BCUT2D eigenvalue weighted by molar-refractivity contribution is 6.71. The average Bonchev–Trinajstić information content (AvgIpc) is 2.30. The first-order valence-electron chi connectivity index (χ1n) is 6.43. The Balaban J connectivity index is 3.50. The summed E-state index contributed by atoms with van der Waals surface area (Å²) in [6.07, 6.45) is 2.00. The Morgan fingerprint density at radius 3 is 2.50 bits per heavy atom. The van der Waals surface area contributed by atoms with Crippen molar-refractivity contribution < 1.29 is 18.7 Å². The van der Waals surface area contributed by atoms with Gasteiger partial charge in [-0.25, -0.2) is 4.79 Å². The molecule has 0 aromatic rings. The Morgan fingerprint density at radius 2 is 1.94 bits per heavy atom. The zero-order chi connectivity index (χ0) is 14.0. The van der Waals surface area contributed by atoms with Gasteiger partial charge in [-0.2, -0.15) is 0 Å². The van der Waals surface area contributed by atoms with Gasteiger partial charge in [-0.3, -0.25) is 0 Å². The molecule has 0 amide bonds. The van der Waals surface area contributed by atoms with Gasteiger partial charge in [-0.15, -0.1) is 0 Å². The van der Waals surface area contributed by atoms with Gasteiger partial charge in [0, 0.05) is 12.2 Å². The summed E-state index contributed by atoms with van der Waals surface area (Å²) in [4.78, 5) is 11.0. The second kappa shape index (κ2) is 9.30. The number of ether oxygens (including phenoxy) is 2. The SMILES string of the molecule is C=C(C)C(=O)OCOCCC[Si](C)(C)OCCC. The van der Waals surface area contributed by atoms with E-state index >= 15 is 0 Å². The Hall–Kier alpha value is -0.653. The number of hydrogen-bond acceptors (Lipinski definition) is 4. The van der Waals surface area contributed by atoms with Gasteiger partial charge in [-0.05, 0) is 38.9 Å². The minimum absolute atomic E-state index is 0.00347. The monoisotopic (exact) mass is 274 g/mol. The van der Waals surface area contributed by atoms with Crippen molar-refractivity contribution in [2.45, 2.75) is 45.8 Å². The molecule has 5 heteroatoms. The summed E-state index contributed by atoms with van der Waals surface area (Å²) in [6, 6.07) is 1.06. The van der Waals surface area contributed by atoms with Crippen LogP contribution in [0.15, 0.2) is 12.2 Å². The number of carbonyl (C=O) groups is 1. The molecule has 0 heterocycles. The zero-order valence-corrected chi connectivity index (χ0v) is 13.1. The summed E-state index contributed by atoms with van der Waals surface area (Å²) < 4.78 is 15.9. The van der Waals surface area contributed by atoms with Gasteiger partial charge < -0.3 is 13.9 Å². The lowest BCUT2D eigenvalue weighted by Crippen LogP contribution is -2.30. The quantitative estimate of drug-likeness (QED) is 0.202. The molecule has 0 N–H and O–H groups in total. The molecule has 0 aliphatic rings. The van der Waals surface area contributed by atoms with Crippen molar-refractivity contribution in [2.24, 2.45) is 0 Å². The largest absolute Gasteiger partial charge is 0.435 e. The maximum absolute atomic E-state index is 11.0. The van der Waals surface area contributed by atoms with E-state index in [4.69, 9.17) is 13.9 Å². The number of carbonyl (C=O) groups excluding carboxylic acids is 1. The van der Waals surface area contributed by atoms with E-state index in [0.717, 1.165) is 25.5 Å². The molecule has 0 aliphatic carbocycles. The lowest BCUT2D eigenvalue weighted by Gasteiger charge is -2.22. The van der Waals surface area contributed by atoms with Crippen molar-refractivity contribution in [3.63, 3.8) is 0 Å². The molecule has 0 unspecified atom stereocenters. The van der Waals surface area contributed by atoms with Gasteiger partial charge in [-0.1, -0.05) is 13.5 Å². The third-order valence-corrected chi connectivity index (χ3v) is 4.93. The molecule has 0 radical (unpaired) electrons. The van der Waals surface area contributed by atoms with Crippen molar-refractivity contribution in [2.75, 3.05) is 20.0 Å². The molecule has 0 aliphatic heterocycles. The van der Waals surface area contributed by atoms with Gasteiger partial charge in [0.15, 0.2) is 15.1 Å². The smallest absolute Gasteiger partial charge is 0.335 e. The third kappa shape index (κ3) is 9.38. The standard InChI is InChI=1S/C13H26O4Si/c1-6-8-17-18(4,5)10-7-9-15-11-16-13(14)12(2)3/h2,6-11H2,1,3-5H3. The molecule has 0 spiro atoms. The average molecular weight is 274 g/mol. The summed E-state index contributed by atoms with van der Waals surface area (Å²) in [5, 5.41) is 0. The fourth-order valence-corrected chi connectivity index (χ4v) is 3.22. The number of rotatable bonds is 10. The third-order valence-electron chi connectivity index (χ3n) is 2.39. The van der Waals surface area contributed by atoms with Crippen molar-refractivity contribution in [1.82, 2.24) is 0 Å². The topological polar surface area (TPSA) is 44.8 Å². The maximum Gasteiger partial charge on any atom is 0.335 e. The molecule has 0 saturated carbocycles. The summed E-state index contributed by atoms with van der Waals surface area (Å²) in [5.74, 6) is -0.406. The van der Waals surface area contributed by atoms with Crippen LogP contribution in [0.2, 0.25) is 19.1 Å². The highest BCUT2D eigenvalue weighted by atomic mass is 28.4. The van der Waals surface area contributed by atoms with Crippen LogP contribution in [0, 0.1) is 0 Å². The molecule has 0 bridgehead atoms. The zero-order valence-electron chi connectivity index (χ0n) is 12.1. The van der Waals surface area contributed by atoms with Crippen molar-refractivity contribution in [3.8, 4) is 0 Å². The summed E-state index contributed by atoms with van der Waals surface area (Å²) in [7, 11) is -1.53. The van der Waals surface area contributed by atoms with E-state index in [2.05, 4.69) is 26.6 Å². The number of hydrogen-bond donors (Lipinski definition) is 0. The second-order valence-corrected chi connectivity index (χ2v) is 9.26. The molecule has 0 aromatic carbocycles. The molecular formula is C13H26O4Si. The summed E-state index contributed by atoms with van der Waals surface area (Å²) >= 11 is 0. The highest BCUT2D eigenvalue weighted by Crippen LogP contribution is 2.14. The second-order valence-electron chi connectivity index (χ2n) is 4.95. The van der Waals surface area contributed by atoms with Crippen LogP contribution >= 0.6 is 0 Å². The molecule has 0 rings (SSSR count). The van der Waals surface area contributed by atoms with Crippen LogP contribution in [-0.4, -0.2) is 34.3 Å². The maximum atomic E-state index is 11.0. The first-order chi connectivity index (χ1) is 8.39. The fraction of sp³-hybridized carbons (Fsp3) is 0.769. The normalized spacial score (nSPS) is 11.3. The van der Waals surface area contributed by atoms with Gasteiger partial charge in [0.2, 0.25) is 0 Å². The van der Waals surface area contributed by atoms with Crippen LogP contribution in [-0.2, 0) is 18.7 Å². The van der Waals surface area contributed by atoms with Gasteiger partial charge >= 0.3 is 5.97 Å². The Kier molecular flexibility index (Phi) is 8.96. The highest BCUT2D eigenvalue weighted by Gasteiger charge is 2.21. The van der Waals surface area contributed by atoms with E-state index < -0.39 is 14.3 Å². The van der Waals surface area contributed by atoms with E-state index in [1.807, 2.05) is 0 Å². The lowest BCUT2D eigenvalue weighted by atomic mass is 10.4. The molecule has 4 nitrogen and oxygen atoms in total. The number of esters is 1. The molecule has 0 saturated heterocycles. The molecule has 106 valence electrons. The Bertz CT molecular complexity index is 264. The summed E-state index contributed by atoms with van der Waals surface area (Å²) in [6.45, 7) is 13.1. The van der Waals surface area contributed by atoms with E-state index in [9.17, 15) is 4.79 Å². The predicted molar refractivity (Wildman–Crippen MR) is 74.9 cm³/mol. The molecule has 0 atom stereocenters. The lowest BCUT2D eigenvalue weighted by molar-refractivity contribution is -0.151.